The number of aliphatic imine (C=N–C) groups is 1. The summed E-state index contributed by atoms with van der Waals surface area (Å²) in [5.41, 5.74) is 3.52. The van der Waals surface area contributed by atoms with Crippen LogP contribution in [0, 0.1) is 6.92 Å². The van der Waals surface area contributed by atoms with Crippen molar-refractivity contribution in [3.63, 3.8) is 0 Å². The maximum atomic E-state index is 11.3. The molecule has 1 fully saturated rings. The summed E-state index contributed by atoms with van der Waals surface area (Å²) < 4.78 is 0. The van der Waals surface area contributed by atoms with Crippen molar-refractivity contribution in [1.82, 2.24) is 5.32 Å². The number of fused-ring (bicyclic) bond motifs is 3. The average Bonchev–Trinajstić information content (AvgIpc) is 2.58. The van der Waals surface area contributed by atoms with E-state index in [4.69, 9.17) is 0 Å². The number of hydrogen-bond donors (Lipinski definition) is 1. The lowest BCUT2D eigenvalue weighted by atomic mass is 10.1. The van der Waals surface area contributed by atoms with E-state index in [1.807, 2.05) is 4.90 Å². The average molecular weight is 238 g/mol. The number of rotatable bonds is 0. The minimum atomic E-state index is 0. The van der Waals surface area contributed by atoms with Crippen LogP contribution in [0.1, 0.15) is 11.1 Å². The molecule has 1 saturated heterocycles. The minimum Gasteiger partial charge on any atom is -0.303 e. The minimum absolute atomic E-state index is 0. The van der Waals surface area contributed by atoms with E-state index in [-0.39, 0.29) is 18.3 Å². The van der Waals surface area contributed by atoms with Crippen molar-refractivity contribution in [2.75, 3.05) is 11.4 Å². The molecule has 1 N–H and O–H groups in total. The molecule has 0 radical (unpaired) electrons. The van der Waals surface area contributed by atoms with Crippen molar-refractivity contribution in [1.29, 1.82) is 0 Å². The van der Waals surface area contributed by atoms with E-state index >= 15 is 0 Å². The van der Waals surface area contributed by atoms with Crippen molar-refractivity contribution >= 4 is 30.0 Å². The maximum Gasteiger partial charge on any atom is 0.246 e. The van der Waals surface area contributed by atoms with Crippen molar-refractivity contribution in [2.45, 2.75) is 13.5 Å². The molecule has 4 nitrogen and oxygen atoms in total. The molecule has 3 rings (SSSR count). The Morgan fingerprint density at radius 2 is 2.25 bits per heavy atom. The number of halogens is 1. The van der Waals surface area contributed by atoms with Crippen LogP contribution in [0.3, 0.4) is 0 Å². The van der Waals surface area contributed by atoms with Crippen LogP contribution in [0.25, 0.3) is 0 Å². The van der Waals surface area contributed by atoms with E-state index in [0.29, 0.717) is 19.0 Å². The Kier molecular flexibility index (Phi) is 2.59. The molecule has 0 saturated carbocycles. The lowest BCUT2D eigenvalue weighted by Gasteiger charge is -2.24. The number of hydrogen-bond acceptors (Lipinski definition) is 3. The smallest absolute Gasteiger partial charge is 0.246 e. The number of carbonyl (C=O) groups is 1. The molecule has 5 heteroatoms. The van der Waals surface area contributed by atoms with Gasteiger partial charge in [-0.2, -0.15) is 0 Å². The largest absolute Gasteiger partial charge is 0.303 e. The summed E-state index contributed by atoms with van der Waals surface area (Å²) in [5.74, 6) is 0.707. The van der Waals surface area contributed by atoms with Gasteiger partial charge in [-0.3, -0.25) is 10.1 Å². The second kappa shape index (κ2) is 3.79. The van der Waals surface area contributed by atoms with Crippen LogP contribution >= 0.6 is 12.4 Å². The normalized spacial score (nSPS) is 16.9. The van der Waals surface area contributed by atoms with Gasteiger partial charge in [-0.15, -0.1) is 12.4 Å². The molecule has 0 atom stereocenters. The van der Waals surface area contributed by atoms with Crippen LogP contribution in [-0.2, 0) is 11.3 Å². The maximum absolute atomic E-state index is 11.3. The number of amides is 1. The number of nitrogens with zero attached hydrogens (tertiary/aromatic N) is 2. The fourth-order valence-electron chi connectivity index (χ4n) is 2.04. The van der Waals surface area contributed by atoms with Crippen molar-refractivity contribution in [3.8, 4) is 0 Å². The zero-order valence-corrected chi connectivity index (χ0v) is 9.67. The molecule has 1 aromatic rings. The summed E-state index contributed by atoms with van der Waals surface area (Å²) in [6.07, 6.45) is 0. The fraction of sp³-hybridized carbons (Fsp3) is 0.273. The molecule has 1 aromatic carbocycles. The molecule has 2 aliphatic rings. The molecule has 84 valence electrons. The standard InChI is InChI=1S/C11H11N3O.ClH/c1-7-2-3-9-8(4-7)5-12-11-13-10(15)6-14(9)11;/h2-4H,5-6H2,1H3,(H,12,13,15);1H. The summed E-state index contributed by atoms with van der Waals surface area (Å²) in [5, 5.41) is 2.75. The quantitative estimate of drug-likeness (QED) is 0.738. The van der Waals surface area contributed by atoms with Crippen LogP contribution < -0.4 is 10.2 Å². The molecule has 2 aliphatic heterocycles. The first kappa shape index (κ1) is 11.0. The summed E-state index contributed by atoms with van der Waals surface area (Å²) in [6, 6.07) is 6.24. The summed E-state index contributed by atoms with van der Waals surface area (Å²) in [6.45, 7) is 3.10. The fourth-order valence-corrected chi connectivity index (χ4v) is 2.04. The topological polar surface area (TPSA) is 44.7 Å². The number of aryl methyl sites for hydroxylation is 1. The number of benzene rings is 1. The zero-order valence-electron chi connectivity index (χ0n) is 8.86. The highest BCUT2D eigenvalue weighted by molar-refractivity contribution is 6.15. The highest BCUT2D eigenvalue weighted by Gasteiger charge is 2.30. The predicted molar refractivity (Wildman–Crippen MR) is 65.1 cm³/mol. The monoisotopic (exact) mass is 237 g/mol. The Morgan fingerprint density at radius 1 is 1.44 bits per heavy atom. The van der Waals surface area contributed by atoms with Gasteiger partial charge in [-0.05, 0) is 18.6 Å². The van der Waals surface area contributed by atoms with Gasteiger partial charge in [0, 0.05) is 5.69 Å². The van der Waals surface area contributed by atoms with Gasteiger partial charge in [0.05, 0.1) is 6.54 Å². The summed E-state index contributed by atoms with van der Waals surface area (Å²) in [4.78, 5) is 17.5. The Bertz CT molecular complexity index is 484. The van der Waals surface area contributed by atoms with E-state index < -0.39 is 0 Å². The molecule has 0 bridgehead atoms. The van der Waals surface area contributed by atoms with Gasteiger partial charge < -0.3 is 4.90 Å². The van der Waals surface area contributed by atoms with Crippen LogP contribution in [0.15, 0.2) is 23.2 Å². The molecular formula is C11H12ClN3O. The SMILES string of the molecule is Cc1ccc2c(c1)CN=C1NC(=O)CN12.Cl. The second-order valence-electron chi connectivity index (χ2n) is 3.91. The highest BCUT2D eigenvalue weighted by atomic mass is 35.5. The molecule has 1 amide bonds. The summed E-state index contributed by atoms with van der Waals surface area (Å²) >= 11 is 0. The van der Waals surface area contributed by atoms with Crippen LogP contribution in [0.2, 0.25) is 0 Å². The highest BCUT2D eigenvalue weighted by Crippen LogP contribution is 2.27. The molecule has 0 aromatic heterocycles. The van der Waals surface area contributed by atoms with Gasteiger partial charge in [0.2, 0.25) is 11.9 Å². The van der Waals surface area contributed by atoms with E-state index in [9.17, 15) is 4.79 Å². The van der Waals surface area contributed by atoms with E-state index in [1.165, 1.54) is 11.1 Å². The van der Waals surface area contributed by atoms with E-state index in [0.717, 1.165) is 5.69 Å². The number of guanidine groups is 1. The molecule has 0 aliphatic carbocycles. The van der Waals surface area contributed by atoms with Crippen molar-refractivity contribution < 1.29 is 4.79 Å². The van der Waals surface area contributed by atoms with Gasteiger partial charge in [0.25, 0.3) is 0 Å². The predicted octanol–water partition coefficient (Wildman–Crippen LogP) is 1.22. The van der Waals surface area contributed by atoms with Gasteiger partial charge in [-0.1, -0.05) is 17.7 Å². The zero-order chi connectivity index (χ0) is 10.4. The Hall–Kier alpha value is -1.55. The molecule has 0 unspecified atom stereocenters. The molecule has 2 heterocycles. The van der Waals surface area contributed by atoms with Gasteiger partial charge in [0.15, 0.2) is 0 Å². The third kappa shape index (κ3) is 1.55. The van der Waals surface area contributed by atoms with E-state index in [2.05, 4.69) is 35.4 Å². The number of nitrogens with one attached hydrogen (secondary N) is 1. The van der Waals surface area contributed by atoms with Crippen LogP contribution in [0.5, 0.6) is 0 Å². The van der Waals surface area contributed by atoms with Gasteiger partial charge >= 0.3 is 0 Å². The van der Waals surface area contributed by atoms with Crippen LogP contribution in [0.4, 0.5) is 5.69 Å². The number of carbonyl (C=O) groups excluding carboxylic acids is 1. The van der Waals surface area contributed by atoms with Crippen molar-refractivity contribution in [2.24, 2.45) is 4.99 Å². The summed E-state index contributed by atoms with van der Waals surface area (Å²) in [7, 11) is 0. The first-order valence-corrected chi connectivity index (χ1v) is 4.95. The second-order valence-corrected chi connectivity index (χ2v) is 3.91. The van der Waals surface area contributed by atoms with Gasteiger partial charge in [0.1, 0.15) is 6.54 Å². The van der Waals surface area contributed by atoms with Crippen LogP contribution in [-0.4, -0.2) is 18.4 Å². The first-order chi connectivity index (χ1) is 7.24. The van der Waals surface area contributed by atoms with Gasteiger partial charge in [-0.25, -0.2) is 4.99 Å². The van der Waals surface area contributed by atoms with Crippen molar-refractivity contribution in [3.05, 3.63) is 29.3 Å². The molecule has 16 heavy (non-hydrogen) atoms. The lowest BCUT2D eigenvalue weighted by molar-refractivity contribution is -0.117. The molecule has 0 spiro atoms. The third-order valence-corrected chi connectivity index (χ3v) is 2.73. The molecular weight excluding hydrogens is 226 g/mol. The van der Waals surface area contributed by atoms with E-state index in [1.54, 1.807) is 0 Å². The third-order valence-electron chi connectivity index (χ3n) is 2.73. The Labute approximate surface area is 99.8 Å². The lowest BCUT2D eigenvalue weighted by Crippen LogP contribution is -2.33. The Morgan fingerprint density at radius 3 is 3.06 bits per heavy atom. The Balaban J connectivity index is 0.000000963. The first-order valence-electron chi connectivity index (χ1n) is 4.95. The number of anilines is 1.